The van der Waals surface area contributed by atoms with Crippen LogP contribution in [0.2, 0.25) is 0 Å². The molecule has 2 unspecified atom stereocenters. The molecule has 1 aromatic heterocycles. The molecule has 3 heterocycles. The monoisotopic (exact) mass is 538 g/mol. The summed E-state index contributed by atoms with van der Waals surface area (Å²) in [6.45, 7) is 2.09. The first-order valence-corrected chi connectivity index (χ1v) is 13.6. The molecule has 10 heteroatoms. The van der Waals surface area contributed by atoms with Crippen LogP contribution in [0.15, 0.2) is 53.6 Å². The maximum atomic E-state index is 13.9. The number of aromatic nitrogens is 2. The zero-order chi connectivity index (χ0) is 27.2. The van der Waals surface area contributed by atoms with E-state index in [-0.39, 0.29) is 29.5 Å². The molecule has 2 atom stereocenters. The summed E-state index contributed by atoms with van der Waals surface area (Å²) in [7, 11) is 0. The number of morpholine rings is 1. The highest BCUT2D eigenvalue weighted by Crippen LogP contribution is 2.52. The summed E-state index contributed by atoms with van der Waals surface area (Å²) < 4.78 is 34.6. The fourth-order valence-electron chi connectivity index (χ4n) is 6.78. The Bertz CT molecular complexity index is 1440. The number of nitrogens with zero attached hydrogens (tertiary/aromatic N) is 4. The number of rotatable bonds is 3. The Hall–Kier alpha value is -3.37. The number of carbonyl (C=O) groups is 1. The lowest BCUT2D eigenvalue weighted by Gasteiger charge is -2.53. The maximum absolute atomic E-state index is 13.9. The molecule has 8 nitrogen and oxygen atoms in total. The summed E-state index contributed by atoms with van der Waals surface area (Å²) in [5.74, 6) is -2.18. The molecule has 1 spiro atoms. The lowest BCUT2D eigenvalue weighted by atomic mass is 9.66. The minimum absolute atomic E-state index is 0.0278. The van der Waals surface area contributed by atoms with Crippen LogP contribution >= 0.6 is 0 Å². The SMILES string of the molecule is O=C(N1CCC(O)(Cn2cnc3cc(F)c(F)cc3c2=O)C2(CCCC2)C1)N1CCOCC1c1ccccc1. The van der Waals surface area contributed by atoms with E-state index in [2.05, 4.69) is 4.98 Å². The Labute approximate surface area is 224 Å². The van der Waals surface area contributed by atoms with E-state index in [0.717, 1.165) is 43.4 Å². The molecule has 2 aliphatic heterocycles. The van der Waals surface area contributed by atoms with Crippen molar-refractivity contribution in [3.63, 3.8) is 0 Å². The minimum atomic E-state index is -1.26. The van der Waals surface area contributed by atoms with Gasteiger partial charge in [-0.05, 0) is 30.9 Å². The number of fused-ring (bicyclic) bond motifs is 1. The number of piperidine rings is 1. The fourth-order valence-corrected chi connectivity index (χ4v) is 6.78. The molecule has 0 bridgehead atoms. The Morgan fingerprint density at radius 2 is 1.82 bits per heavy atom. The van der Waals surface area contributed by atoms with Crippen molar-refractivity contribution in [1.29, 1.82) is 0 Å². The predicted molar refractivity (Wildman–Crippen MR) is 140 cm³/mol. The van der Waals surface area contributed by atoms with Crippen molar-refractivity contribution in [3.8, 4) is 0 Å². The molecule has 2 amide bonds. The molecule has 1 N–H and O–H groups in total. The number of ether oxygens (including phenoxy) is 1. The molecule has 3 aromatic rings. The average molecular weight is 539 g/mol. The zero-order valence-electron chi connectivity index (χ0n) is 21.7. The van der Waals surface area contributed by atoms with Crippen molar-refractivity contribution in [2.24, 2.45) is 5.41 Å². The van der Waals surface area contributed by atoms with Crippen molar-refractivity contribution in [3.05, 3.63) is 76.3 Å². The maximum Gasteiger partial charge on any atom is 0.320 e. The zero-order valence-corrected chi connectivity index (χ0v) is 21.7. The van der Waals surface area contributed by atoms with Crippen molar-refractivity contribution in [1.82, 2.24) is 19.4 Å². The van der Waals surface area contributed by atoms with Crippen LogP contribution in [0.4, 0.5) is 13.6 Å². The van der Waals surface area contributed by atoms with Gasteiger partial charge in [0.05, 0.1) is 48.6 Å². The van der Waals surface area contributed by atoms with E-state index >= 15 is 0 Å². The summed E-state index contributed by atoms with van der Waals surface area (Å²) in [6, 6.07) is 11.4. The molecule has 2 saturated heterocycles. The second kappa shape index (κ2) is 9.98. The number of halogens is 2. The molecular weight excluding hydrogens is 506 g/mol. The summed E-state index contributed by atoms with van der Waals surface area (Å²) in [6.07, 6.45) is 4.88. The van der Waals surface area contributed by atoms with Crippen molar-refractivity contribution in [2.75, 3.05) is 32.8 Å². The van der Waals surface area contributed by atoms with Gasteiger partial charge in [0.2, 0.25) is 0 Å². The third-order valence-electron chi connectivity index (χ3n) is 8.96. The number of carbonyl (C=O) groups excluding carboxylic acids is 1. The molecule has 1 aliphatic carbocycles. The molecule has 2 aromatic carbocycles. The van der Waals surface area contributed by atoms with Crippen LogP contribution < -0.4 is 5.56 Å². The van der Waals surface area contributed by atoms with Crippen LogP contribution in [0, 0.1) is 17.0 Å². The van der Waals surface area contributed by atoms with Gasteiger partial charge in [0.15, 0.2) is 11.6 Å². The van der Waals surface area contributed by atoms with Gasteiger partial charge in [0, 0.05) is 31.1 Å². The summed E-state index contributed by atoms with van der Waals surface area (Å²) in [5, 5.41) is 12.1. The first kappa shape index (κ1) is 25.9. The number of hydrogen-bond donors (Lipinski definition) is 1. The number of amides is 2. The van der Waals surface area contributed by atoms with Crippen molar-refractivity contribution < 1.29 is 23.4 Å². The van der Waals surface area contributed by atoms with Gasteiger partial charge in [-0.15, -0.1) is 0 Å². The first-order chi connectivity index (χ1) is 18.8. The lowest BCUT2D eigenvalue weighted by molar-refractivity contribution is -0.137. The highest BCUT2D eigenvalue weighted by atomic mass is 19.2. The molecule has 3 aliphatic rings. The Kier molecular flexibility index (Phi) is 6.63. The number of hydrogen-bond acceptors (Lipinski definition) is 5. The van der Waals surface area contributed by atoms with E-state index in [4.69, 9.17) is 4.74 Å². The average Bonchev–Trinajstić information content (AvgIpc) is 3.43. The van der Waals surface area contributed by atoms with Gasteiger partial charge in [-0.1, -0.05) is 43.2 Å². The normalized spacial score (nSPS) is 24.9. The van der Waals surface area contributed by atoms with Gasteiger partial charge in [-0.3, -0.25) is 9.36 Å². The standard InChI is InChI=1S/C29H32F2N4O4/c30-22-14-21-24(15-23(22)31)32-19-34(26(21)36)18-29(38)10-11-33(17-28(29)8-4-5-9-28)27(37)35-12-13-39-16-25(35)20-6-2-1-3-7-20/h1-3,6-7,14-15,19,25,38H,4-5,8-13,16-18H2. The van der Waals surface area contributed by atoms with Crippen LogP contribution in [-0.4, -0.2) is 68.9 Å². The van der Waals surface area contributed by atoms with E-state index < -0.39 is 28.2 Å². The van der Waals surface area contributed by atoms with E-state index in [1.54, 1.807) is 0 Å². The number of likely N-dealkylation sites (tertiary alicyclic amines) is 1. The van der Waals surface area contributed by atoms with Gasteiger partial charge in [-0.25, -0.2) is 18.6 Å². The molecule has 3 fully saturated rings. The Morgan fingerprint density at radius 1 is 1.08 bits per heavy atom. The van der Waals surface area contributed by atoms with Gasteiger partial charge < -0.3 is 19.6 Å². The van der Waals surface area contributed by atoms with E-state index in [1.165, 1.54) is 10.9 Å². The molecule has 206 valence electrons. The highest BCUT2D eigenvalue weighted by Gasteiger charge is 2.56. The number of benzene rings is 2. The number of aliphatic hydroxyl groups is 1. The molecular formula is C29H32F2N4O4. The lowest BCUT2D eigenvalue weighted by Crippen LogP contribution is -2.64. The van der Waals surface area contributed by atoms with Crippen LogP contribution in [0.25, 0.3) is 10.9 Å². The third-order valence-corrected chi connectivity index (χ3v) is 8.96. The van der Waals surface area contributed by atoms with Crippen LogP contribution in [0.5, 0.6) is 0 Å². The first-order valence-electron chi connectivity index (χ1n) is 13.6. The van der Waals surface area contributed by atoms with Crippen molar-refractivity contribution in [2.45, 2.75) is 50.3 Å². The molecule has 0 radical (unpaired) electrons. The van der Waals surface area contributed by atoms with Gasteiger partial charge in [0.1, 0.15) is 0 Å². The smallest absolute Gasteiger partial charge is 0.320 e. The van der Waals surface area contributed by atoms with Crippen LogP contribution in [0.3, 0.4) is 0 Å². The second-order valence-corrected chi connectivity index (χ2v) is 11.1. The molecule has 39 heavy (non-hydrogen) atoms. The van der Waals surface area contributed by atoms with Gasteiger partial charge in [0.25, 0.3) is 5.56 Å². The Balaban J connectivity index is 1.27. The highest BCUT2D eigenvalue weighted by molar-refractivity contribution is 5.77. The second-order valence-electron chi connectivity index (χ2n) is 11.1. The minimum Gasteiger partial charge on any atom is -0.387 e. The summed E-state index contributed by atoms with van der Waals surface area (Å²) in [4.78, 5) is 35.0. The predicted octanol–water partition coefficient (Wildman–Crippen LogP) is 3.87. The summed E-state index contributed by atoms with van der Waals surface area (Å²) >= 11 is 0. The van der Waals surface area contributed by atoms with Crippen molar-refractivity contribution >= 4 is 16.9 Å². The van der Waals surface area contributed by atoms with Crippen LogP contribution in [-0.2, 0) is 11.3 Å². The quantitative estimate of drug-likeness (QED) is 0.547. The van der Waals surface area contributed by atoms with Crippen LogP contribution in [0.1, 0.15) is 43.7 Å². The third kappa shape index (κ3) is 4.49. The Morgan fingerprint density at radius 3 is 2.59 bits per heavy atom. The van der Waals surface area contributed by atoms with E-state index in [0.29, 0.717) is 39.3 Å². The van der Waals surface area contributed by atoms with E-state index in [9.17, 15) is 23.5 Å². The molecule has 6 rings (SSSR count). The van der Waals surface area contributed by atoms with Gasteiger partial charge >= 0.3 is 6.03 Å². The van der Waals surface area contributed by atoms with Gasteiger partial charge in [-0.2, -0.15) is 0 Å². The summed E-state index contributed by atoms with van der Waals surface area (Å²) in [5.41, 5.74) is -1.29. The fraction of sp³-hybridized carbons (Fsp3) is 0.483. The molecule has 1 saturated carbocycles. The number of urea groups is 1. The largest absolute Gasteiger partial charge is 0.387 e. The topological polar surface area (TPSA) is 87.9 Å². The van der Waals surface area contributed by atoms with E-state index in [1.807, 2.05) is 40.1 Å².